The minimum Gasteiger partial charge on any atom is -0.507 e. The van der Waals surface area contributed by atoms with Crippen LogP contribution >= 0.6 is 0 Å². The molecule has 4 rings (SSSR count). The number of anilines is 2. The fraction of sp³-hybridized carbons (Fsp3) is 0.333. The summed E-state index contributed by atoms with van der Waals surface area (Å²) in [6.07, 6.45) is 0. The van der Waals surface area contributed by atoms with Crippen LogP contribution in [0.1, 0.15) is 57.4 Å². The van der Waals surface area contributed by atoms with E-state index in [0.717, 1.165) is 16.8 Å². The van der Waals surface area contributed by atoms with Crippen LogP contribution in [0.2, 0.25) is 0 Å². The average Bonchev–Trinajstić information content (AvgIpc) is 3.17. The fourth-order valence-electron chi connectivity index (χ4n) is 4.62. The molecule has 1 atom stereocenters. The quantitative estimate of drug-likeness (QED) is 0.210. The summed E-state index contributed by atoms with van der Waals surface area (Å²) in [6, 6.07) is 21.6. The van der Waals surface area contributed by atoms with Crippen LogP contribution in [-0.4, -0.2) is 37.5 Å². The van der Waals surface area contributed by atoms with Crippen LogP contribution < -0.4 is 14.5 Å². The highest BCUT2D eigenvalue weighted by molar-refractivity contribution is 6.51. The van der Waals surface area contributed by atoms with Crippen LogP contribution in [0, 0.1) is 5.92 Å². The second kappa shape index (κ2) is 11.0. The Morgan fingerprint density at radius 3 is 2.03 bits per heavy atom. The molecule has 1 aliphatic heterocycles. The van der Waals surface area contributed by atoms with Crippen LogP contribution in [-0.2, 0) is 15.0 Å². The lowest BCUT2D eigenvalue weighted by Gasteiger charge is -2.27. The average molecular weight is 527 g/mol. The molecule has 1 amide bonds. The van der Waals surface area contributed by atoms with E-state index in [4.69, 9.17) is 4.74 Å². The molecular formula is C33H38N2O4. The summed E-state index contributed by atoms with van der Waals surface area (Å²) in [4.78, 5) is 30.5. The first kappa shape index (κ1) is 28.0. The Morgan fingerprint density at radius 2 is 1.51 bits per heavy atom. The van der Waals surface area contributed by atoms with Gasteiger partial charge in [-0.1, -0.05) is 58.9 Å². The number of amides is 1. The van der Waals surface area contributed by atoms with Gasteiger partial charge in [-0.05, 0) is 71.0 Å². The highest BCUT2D eigenvalue weighted by atomic mass is 16.5. The molecule has 0 aliphatic carbocycles. The SMILES string of the molecule is CC(C)COc1ccc(/C(O)=C2\C(=O)C(=O)N(c3ccc(C(C)(C)C)cc3)C2c2ccc(N(C)C)cc2)cc1. The lowest BCUT2D eigenvalue weighted by atomic mass is 9.87. The van der Waals surface area contributed by atoms with E-state index in [1.54, 1.807) is 24.3 Å². The summed E-state index contributed by atoms with van der Waals surface area (Å²) >= 11 is 0. The molecule has 6 nitrogen and oxygen atoms in total. The Kier molecular flexibility index (Phi) is 7.86. The summed E-state index contributed by atoms with van der Waals surface area (Å²) in [7, 11) is 3.90. The van der Waals surface area contributed by atoms with Crippen LogP contribution in [0.3, 0.4) is 0 Å². The standard InChI is InChI=1S/C33H38N2O4/c1-21(2)20-39-27-18-10-23(11-19-27)30(36)28-29(22-8-14-25(15-9-22)34(6)7)35(32(38)31(28)37)26-16-12-24(13-17-26)33(3,4)5/h8-19,21,29,36H,20H2,1-7H3/b30-28+. The molecule has 39 heavy (non-hydrogen) atoms. The molecule has 0 aromatic heterocycles. The normalized spacial score (nSPS) is 17.1. The number of nitrogens with zero attached hydrogens (tertiary/aromatic N) is 2. The number of carbonyl (C=O) groups is 2. The third-order valence-electron chi connectivity index (χ3n) is 6.89. The van der Waals surface area contributed by atoms with E-state index in [1.807, 2.05) is 67.5 Å². The van der Waals surface area contributed by atoms with Gasteiger partial charge in [0.2, 0.25) is 0 Å². The number of ketones is 1. The molecule has 1 fully saturated rings. The number of Topliss-reactive ketones (excluding diaryl/α,β-unsaturated/α-hetero) is 1. The van der Waals surface area contributed by atoms with E-state index in [-0.39, 0.29) is 16.7 Å². The van der Waals surface area contributed by atoms with E-state index >= 15 is 0 Å². The maximum absolute atomic E-state index is 13.5. The molecule has 1 N–H and O–H groups in total. The molecule has 0 spiro atoms. The van der Waals surface area contributed by atoms with Gasteiger partial charge in [0.15, 0.2) is 0 Å². The smallest absolute Gasteiger partial charge is 0.300 e. The second-order valence-corrected chi connectivity index (χ2v) is 11.7. The van der Waals surface area contributed by atoms with E-state index in [1.165, 1.54) is 4.90 Å². The summed E-state index contributed by atoms with van der Waals surface area (Å²) < 4.78 is 5.76. The molecule has 1 heterocycles. The molecule has 6 heteroatoms. The molecule has 0 radical (unpaired) electrons. The number of aliphatic hydroxyl groups excluding tert-OH is 1. The predicted octanol–water partition coefficient (Wildman–Crippen LogP) is 6.71. The van der Waals surface area contributed by atoms with E-state index < -0.39 is 17.7 Å². The third kappa shape index (κ3) is 5.85. The first-order valence-electron chi connectivity index (χ1n) is 13.3. The first-order valence-corrected chi connectivity index (χ1v) is 13.3. The molecule has 3 aromatic rings. The maximum atomic E-state index is 13.5. The Bertz CT molecular complexity index is 1360. The van der Waals surface area contributed by atoms with Gasteiger partial charge in [-0.25, -0.2) is 0 Å². The van der Waals surface area contributed by atoms with Crippen LogP contribution in [0.25, 0.3) is 5.76 Å². The second-order valence-electron chi connectivity index (χ2n) is 11.7. The predicted molar refractivity (Wildman–Crippen MR) is 157 cm³/mol. The topological polar surface area (TPSA) is 70.1 Å². The van der Waals surface area contributed by atoms with Gasteiger partial charge in [0, 0.05) is 31.0 Å². The molecule has 3 aromatic carbocycles. The van der Waals surface area contributed by atoms with Crippen molar-refractivity contribution in [3.8, 4) is 5.75 Å². The highest BCUT2D eigenvalue weighted by Gasteiger charge is 2.47. The molecule has 1 unspecified atom stereocenters. The minimum atomic E-state index is -0.779. The lowest BCUT2D eigenvalue weighted by Crippen LogP contribution is -2.29. The van der Waals surface area contributed by atoms with Crippen LogP contribution in [0.4, 0.5) is 11.4 Å². The summed E-state index contributed by atoms with van der Waals surface area (Å²) in [5.74, 6) is -0.534. The Balaban J connectivity index is 1.82. The summed E-state index contributed by atoms with van der Waals surface area (Å²) in [5, 5.41) is 11.4. The maximum Gasteiger partial charge on any atom is 0.300 e. The lowest BCUT2D eigenvalue weighted by molar-refractivity contribution is -0.132. The van der Waals surface area contributed by atoms with Crippen molar-refractivity contribution in [1.29, 1.82) is 0 Å². The van der Waals surface area contributed by atoms with Crippen molar-refractivity contribution in [2.24, 2.45) is 5.92 Å². The summed E-state index contributed by atoms with van der Waals surface area (Å²) in [5.41, 5.74) is 3.90. The van der Waals surface area contributed by atoms with Crippen molar-refractivity contribution in [2.45, 2.75) is 46.1 Å². The van der Waals surface area contributed by atoms with Crippen LogP contribution in [0.5, 0.6) is 5.75 Å². The van der Waals surface area contributed by atoms with Gasteiger partial charge in [-0.15, -0.1) is 0 Å². The Hall–Kier alpha value is -4.06. The van der Waals surface area contributed by atoms with Crippen LogP contribution in [0.15, 0.2) is 78.4 Å². The molecule has 0 bridgehead atoms. The number of rotatable bonds is 7. The van der Waals surface area contributed by atoms with E-state index in [9.17, 15) is 14.7 Å². The van der Waals surface area contributed by atoms with Gasteiger partial charge in [0.1, 0.15) is 11.5 Å². The van der Waals surface area contributed by atoms with E-state index in [0.29, 0.717) is 29.5 Å². The van der Waals surface area contributed by atoms with Crippen molar-refractivity contribution >= 4 is 28.8 Å². The third-order valence-corrected chi connectivity index (χ3v) is 6.89. The van der Waals surface area contributed by atoms with Gasteiger partial charge in [-0.2, -0.15) is 0 Å². The molecule has 0 saturated carbocycles. The number of benzene rings is 3. The number of ether oxygens (including phenoxy) is 1. The van der Waals surface area contributed by atoms with Gasteiger partial charge in [0.05, 0.1) is 18.2 Å². The number of aliphatic hydroxyl groups is 1. The fourth-order valence-corrected chi connectivity index (χ4v) is 4.62. The van der Waals surface area contributed by atoms with Gasteiger partial charge >= 0.3 is 0 Å². The van der Waals surface area contributed by atoms with Gasteiger partial charge in [-0.3, -0.25) is 14.5 Å². The van der Waals surface area contributed by atoms with Crippen molar-refractivity contribution in [1.82, 2.24) is 0 Å². The largest absolute Gasteiger partial charge is 0.507 e. The first-order chi connectivity index (χ1) is 18.4. The van der Waals surface area contributed by atoms with Crippen molar-refractivity contribution in [2.75, 3.05) is 30.5 Å². The number of hydrogen-bond acceptors (Lipinski definition) is 5. The Labute approximate surface area is 231 Å². The molecule has 1 aliphatic rings. The van der Waals surface area contributed by atoms with Crippen molar-refractivity contribution in [3.05, 3.63) is 95.1 Å². The van der Waals surface area contributed by atoms with Crippen molar-refractivity contribution < 1.29 is 19.4 Å². The van der Waals surface area contributed by atoms with Crippen molar-refractivity contribution in [3.63, 3.8) is 0 Å². The van der Waals surface area contributed by atoms with E-state index in [2.05, 4.69) is 34.6 Å². The number of hydrogen-bond donors (Lipinski definition) is 1. The Morgan fingerprint density at radius 1 is 0.923 bits per heavy atom. The molecule has 1 saturated heterocycles. The zero-order valence-electron chi connectivity index (χ0n) is 23.9. The minimum absolute atomic E-state index is 0.0564. The molecular weight excluding hydrogens is 488 g/mol. The van der Waals surface area contributed by atoms with Gasteiger partial charge in [0.25, 0.3) is 11.7 Å². The summed E-state index contributed by atoms with van der Waals surface area (Å²) in [6.45, 7) is 11.1. The monoisotopic (exact) mass is 526 g/mol. The molecule has 204 valence electrons. The number of carbonyl (C=O) groups excluding carboxylic acids is 2. The zero-order valence-corrected chi connectivity index (χ0v) is 23.9. The highest BCUT2D eigenvalue weighted by Crippen LogP contribution is 2.43. The van der Waals surface area contributed by atoms with Gasteiger partial charge < -0.3 is 14.7 Å². The zero-order chi connectivity index (χ0) is 28.5.